The smallest absolute Gasteiger partial charge is 0.464 e. The lowest BCUT2D eigenvalue weighted by atomic mass is 9.76. The van der Waals surface area contributed by atoms with Crippen molar-refractivity contribution in [3.05, 3.63) is 36.1 Å². The third kappa shape index (κ3) is 5.09. The van der Waals surface area contributed by atoms with Crippen LogP contribution in [0.15, 0.2) is 34.9 Å². The second-order valence-corrected chi connectivity index (χ2v) is 7.69. The van der Waals surface area contributed by atoms with Crippen LogP contribution in [0.3, 0.4) is 0 Å². The number of hydrogen-bond donors (Lipinski definition) is 3. The van der Waals surface area contributed by atoms with Gasteiger partial charge in [-0.15, -0.1) is 0 Å². The molecule has 0 saturated carbocycles. The van der Waals surface area contributed by atoms with Crippen LogP contribution >= 0.6 is 0 Å². The molecule has 0 bridgehead atoms. The van der Waals surface area contributed by atoms with Crippen LogP contribution in [0.25, 0.3) is 11.0 Å². The molecule has 0 aliphatic rings. The maximum Gasteiger partial charge on any atom is 0.475 e. The monoisotopic (exact) mass is 339 g/mol. The Morgan fingerprint density at radius 3 is 2.70 bits per heavy atom. The van der Waals surface area contributed by atoms with E-state index in [4.69, 9.17) is 4.42 Å². The average molecular weight is 339 g/mol. The summed E-state index contributed by atoms with van der Waals surface area (Å²) in [5, 5.41) is 22.2. The Hall–Kier alpha value is -1.84. The van der Waals surface area contributed by atoms with E-state index >= 15 is 0 Å². The van der Waals surface area contributed by atoms with Crippen molar-refractivity contribution >= 4 is 33.8 Å². The molecule has 124 valence electrons. The third-order valence-corrected chi connectivity index (χ3v) is 4.35. The lowest BCUT2D eigenvalue weighted by Gasteiger charge is -2.17. The molecule has 0 spiro atoms. The van der Waals surface area contributed by atoms with Gasteiger partial charge in [-0.3, -0.25) is 4.79 Å². The van der Waals surface area contributed by atoms with Gasteiger partial charge in [0, 0.05) is 18.1 Å². The van der Waals surface area contributed by atoms with Gasteiger partial charge in [-0.2, -0.15) is 0 Å². The number of carbonyl (C=O) groups excluding carboxylic acids is 1. The minimum atomic E-state index is -3.25. The number of fused-ring (bicyclic) bond motifs is 1. The Balaban J connectivity index is 2.06. The van der Waals surface area contributed by atoms with Crippen LogP contribution in [-0.2, 0) is 21.1 Å². The van der Waals surface area contributed by atoms with E-state index in [0.717, 1.165) is 17.2 Å². The molecule has 1 aromatic carbocycles. The zero-order valence-corrected chi connectivity index (χ0v) is 13.4. The SMILES string of the molecule is CS(=O)(=O)CCC(=O)N[C@@H](Cc1coc2ccccc12)B(O)O. The topological polar surface area (TPSA) is 117 Å². The summed E-state index contributed by atoms with van der Waals surface area (Å²) in [4.78, 5) is 11.8. The van der Waals surface area contributed by atoms with E-state index in [9.17, 15) is 23.3 Å². The van der Waals surface area contributed by atoms with Crippen molar-refractivity contribution in [1.29, 1.82) is 0 Å². The summed E-state index contributed by atoms with van der Waals surface area (Å²) in [6.07, 6.45) is 2.46. The first-order valence-corrected chi connectivity index (χ1v) is 9.10. The highest BCUT2D eigenvalue weighted by molar-refractivity contribution is 7.90. The lowest BCUT2D eigenvalue weighted by Crippen LogP contribution is -2.48. The Bertz CT molecular complexity index is 785. The molecule has 2 aromatic rings. The fraction of sp³-hybridized carbons (Fsp3) is 0.357. The van der Waals surface area contributed by atoms with Crippen LogP contribution in [0.2, 0.25) is 0 Å². The molecule has 0 radical (unpaired) electrons. The number of hydrogen-bond acceptors (Lipinski definition) is 6. The van der Waals surface area contributed by atoms with Crippen LogP contribution in [0.1, 0.15) is 12.0 Å². The number of benzene rings is 1. The molecule has 0 aliphatic heterocycles. The molecule has 1 aromatic heterocycles. The maximum atomic E-state index is 11.8. The van der Waals surface area contributed by atoms with Gasteiger partial charge < -0.3 is 19.8 Å². The lowest BCUT2D eigenvalue weighted by molar-refractivity contribution is -0.121. The summed E-state index contributed by atoms with van der Waals surface area (Å²) in [6.45, 7) is 0. The Morgan fingerprint density at radius 2 is 2.04 bits per heavy atom. The molecule has 1 amide bonds. The normalized spacial score (nSPS) is 13.0. The fourth-order valence-electron chi connectivity index (χ4n) is 2.22. The van der Waals surface area contributed by atoms with Gasteiger partial charge in [-0.25, -0.2) is 8.42 Å². The molecular formula is C14H18BNO6S. The molecule has 0 unspecified atom stereocenters. The van der Waals surface area contributed by atoms with E-state index in [1.807, 2.05) is 18.2 Å². The van der Waals surface area contributed by atoms with Crippen molar-refractivity contribution in [3.8, 4) is 0 Å². The summed E-state index contributed by atoms with van der Waals surface area (Å²) >= 11 is 0. The molecule has 0 fully saturated rings. The predicted octanol–water partition coefficient (Wildman–Crippen LogP) is -0.0932. The highest BCUT2D eigenvalue weighted by Crippen LogP contribution is 2.22. The van der Waals surface area contributed by atoms with E-state index in [1.165, 1.54) is 6.26 Å². The highest BCUT2D eigenvalue weighted by atomic mass is 32.2. The van der Waals surface area contributed by atoms with Gasteiger partial charge in [-0.1, -0.05) is 18.2 Å². The minimum absolute atomic E-state index is 0.152. The molecule has 7 nitrogen and oxygen atoms in total. The standard InChI is InChI=1S/C14H18BNO6S/c1-23(20,21)7-6-14(17)16-13(15(18)19)8-10-9-22-12-5-3-2-4-11(10)12/h2-5,9,13,18-19H,6-8H2,1H3,(H,16,17)/t13-/m0/s1. The van der Waals surface area contributed by atoms with Crippen LogP contribution < -0.4 is 5.32 Å². The van der Waals surface area contributed by atoms with E-state index in [2.05, 4.69) is 5.32 Å². The van der Waals surface area contributed by atoms with E-state index in [1.54, 1.807) is 6.07 Å². The number of amides is 1. The number of rotatable bonds is 7. The molecule has 1 atom stereocenters. The summed E-state index contributed by atoms with van der Waals surface area (Å²) in [5.41, 5.74) is 1.39. The van der Waals surface area contributed by atoms with Gasteiger partial charge in [0.1, 0.15) is 15.4 Å². The number of nitrogens with one attached hydrogen (secondary N) is 1. The van der Waals surface area contributed by atoms with E-state index in [-0.39, 0.29) is 18.6 Å². The van der Waals surface area contributed by atoms with Crippen LogP contribution in [0.5, 0.6) is 0 Å². The quantitative estimate of drug-likeness (QED) is 0.607. The van der Waals surface area contributed by atoms with Crippen molar-refractivity contribution in [2.45, 2.75) is 18.8 Å². The minimum Gasteiger partial charge on any atom is -0.464 e. The molecule has 0 aliphatic carbocycles. The molecule has 0 saturated heterocycles. The van der Waals surface area contributed by atoms with Crippen molar-refractivity contribution < 1.29 is 27.7 Å². The zero-order valence-electron chi connectivity index (χ0n) is 12.6. The molecule has 2 rings (SSSR count). The van der Waals surface area contributed by atoms with E-state index in [0.29, 0.717) is 5.58 Å². The first-order chi connectivity index (χ1) is 10.8. The van der Waals surface area contributed by atoms with Gasteiger partial charge in [0.25, 0.3) is 0 Å². The second kappa shape index (κ2) is 7.16. The highest BCUT2D eigenvalue weighted by Gasteiger charge is 2.27. The van der Waals surface area contributed by atoms with Crippen molar-refractivity contribution in [2.75, 3.05) is 12.0 Å². The van der Waals surface area contributed by atoms with Crippen molar-refractivity contribution in [2.24, 2.45) is 0 Å². The summed E-state index contributed by atoms with van der Waals surface area (Å²) in [6, 6.07) is 7.27. The Labute approximate surface area is 134 Å². The zero-order chi connectivity index (χ0) is 17.0. The Morgan fingerprint density at radius 1 is 1.35 bits per heavy atom. The first kappa shape index (κ1) is 17.5. The summed E-state index contributed by atoms with van der Waals surface area (Å²) in [5.74, 6) is -1.80. The van der Waals surface area contributed by atoms with Gasteiger partial charge in [0.15, 0.2) is 0 Å². The number of sulfone groups is 1. The molecular weight excluding hydrogens is 321 g/mol. The maximum absolute atomic E-state index is 11.8. The second-order valence-electron chi connectivity index (χ2n) is 5.43. The average Bonchev–Trinajstić information content (AvgIpc) is 2.87. The van der Waals surface area contributed by atoms with Gasteiger partial charge in [0.2, 0.25) is 5.91 Å². The van der Waals surface area contributed by atoms with Gasteiger partial charge in [0.05, 0.1) is 18.0 Å². The summed E-state index contributed by atoms with van der Waals surface area (Å²) in [7, 11) is -5.03. The first-order valence-electron chi connectivity index (χ1n) is 7.04. The summed E-state index contributed by atoms with van der Waals surface area (Å²) < 4.78 is 27.5. The third-order valence-electron chi connectivity index (χ3n) is 3.41. The number of furan rings is 1. The molecule has 23 heavy (non-hydrogen) atoms. The van der Waals surface area contributed by atoms with Gasteiger partial charge >= 0.3 is 7.12 Å². The van der Waals surface area contributed by atoms with Crippen LogP contribution in [0, 0.1) is 0 Å². The van der Waals surface area contributed by atoms with E-state index < -0.39 is 28.8 Å². The Kier molecular flexibility index (Phi) is 5.45. The van der Waals surface area contributed by atoms with Gasteiger partial charge in [-0.05, 0) is 18.1 Å². The molecule has 3 N–H and O–H groups in total. The molecule has 9 heteroatoms. The van der Waals surface area contributed by atoms with Crippen LogP contribution in [-0.4, -0.2) is 49.4 Å². The fourth-order valence-corrected chi connectivity index (χ4v) is 2.77. The largest absolute Gasteiger partial charge is 0.475 e. The number of carbonyl (C=O) groups is 1. The van der Waals surface area contributed by atoms with Crippen LogP contribution in [0.4, 0.5) is 0 Å². The van der Waals surface area contributed by atoms with Crippen molar-refractivity contribution in [3.63, 3.8) is 0 Å². The molecule has 1 heterocycles. The number of para-hydroxylation sites is 1. The van der Waals surface area contributed by atoms with Crippen molar-refractivity contribution in [1.82, 2.24) is 5.32 Å². The predicted molar refractivity (Wildman–Crippen MR) is 86.4 cm³/mol.